The summed E-state index contributed by atoms with van der Waals surface area (Å²) in [5, 5.41) is 3.21. The lowest BCUT2D eigenvalue weighted by Crippen LogP contribution is -2.35. The molecule has 1 aromatic rings. The van der Waals surface area contributed by atoms with Gasteiger partial charge < -0.3 is 21.5 Å². The molecule has 0 spiro atoms. The number of anilines is 2. The molecule has 0 saturated heterocycles. The molecule has 0 unspecified atom stereocenters. The Hall–Kier alpha value is -0.820. The van der Waals surface area contributed by atoms with E-state index in [1.165, 1.54) is 0 Å². The summed E-state index contributed by atoms with van der Waals surface area (Å²) in [7, 11) is 0. The first kappa shape index (κ1) is 20.2. The van der Waals surface area contributed by atoms with E-state index < -0.39 is 0 Å². The average Bonchev–Trinajstić information content (AvgIpc) is 2.34. The first-order valence-electron chi connectivity index (χ1n) is 6.90. The molecule has 1 aromatic heterocycles. The molecular formula is C13H25Cl2N5O. The van der Waals surface area contributed by atoms with Gasteiger partial charge in [-0.05, 0) is 19.3 Å². The van der Waals surface area contributed by atoms with Gasteiger partial charge in [-0.1, -0.05) is 6.92 Å². The molecule has 2 rings (SSSR count). The Morgan fingerprint density at radius 2 is 2.00 bits per heavy atom. The number of hydrogen-bond donors (Lipinski definition) is 3. The third kappa shape index (κ3) is 6.22. The topological polar surface area (TPSA) is 99.1 Å². The summed E-state index contributed by atoms with van der Waals surface area (Å²) in [4.78, 5) is 8.47. The van der Waals surface area contributed by atoms with Gasteiger partial charge in [0.25, 0.3) is 0 Å². The molecule has 0 aliphatic heterocycles. The molecule has 1 aliphatic carbocycles. The van der Waals surface area contributed by atoms with Gasteiger partial charge in [0.1, 0.15) is 5.82 Å². The van der Waals surface area contributed by atoms with E-state index in [0.717, 1.165) is 43.9 Å². The smallest absolute Gasteiger partial charge is 0.222 e. The van der Waals surface area contributed by atoms with Gasteiger partial charge in [0.15, 0.2) is 0 Å². The van der Waals surface area contributed by atoms with Gasteiger partial charge >= 0.3 is 0 Å². The summed E-state index contributed by atoms with van der Waals surface area (Å²) in [5.41, 5.74) is 12.5. The van der Waals surface area contributed by atoms with Crippen LogP contribution >= 0.6 is 24.8 Å². The highest BCUT2D eigenvalue weighted by Crippen LogP contribution is 2.35. The minimum absolute atomic E-state index is 0. The van der Waals surface area contributed by atoms with Gasteiger partial charge in [0.05, 0.1) is 12.3 Å². The van der Waals surface area contributed by atoms with Crippen LogP contribution in [-0.4, -0.2) is 35.8 Å². The molecule has 0 atom stereocenters. The standard InChI is InChI=1S/C13H23N5O.2ClH/c1-2-4-19-5-3-16-12-8-11(17-13(15)18-12)9-6-10(14)7-9;;/h8-10H,2-7,14H2,1H3,(H3,15,16,17,18);2*1H. The highest BCUT2D eigenvalue weighted by atomic mass is 35.5. The van der Waals surface area contributed by atoms with Gasteiger partial charge in [0.2, 0.25) is 5.95 Å². The summed E-state index contributed by atoms with van der Waals surface area (Å²) in [6.07, 6.45) is 3.00. The Morgan fingerprint density at radius 3 is 2.62 bits per heavy atom. The molecule has 1 aliphatic rings. The number of nitrogens with two attached hydrogens (primary N) is 2. The summed E-state index contributed by atoms with van der Waals surface area (Å²) in [5.74, 6) is 1.51. The van der Waals surface area contributed by atoms with E-state index in [2.05, 4.69) is 22.2 Å². The number of nitrogens with one attached hydrogen (secondary N) is 1. The van der Waals surface area contributed by atoms with E-state index in [-0.39, 0.29) is 24.8 Å². The fourth-order valence-electron chi connectivity index (χ4n) is 2.19. The van der Waals surface area contributed by atoms with Gasteiger partial charge in [0, 0.05) is 31.2 Å². The summed E-state index contributed by atoms with van der Waals surface area (Å²) >= 11 is 0. The average molecular weight is 338 g/mol. The molecule has 1 saturated carbocycles. The molecule has 1 fully saturated rings. The highest BCUT2D eigenvalue weighted by molar-refractivity contribution is 5.85. The van der Waals surface area contributed by atoms with Crippen LogP contribution in [0.4, 0.5) is 11.8 Å². The lowest BCUT2D eigenvalue weighted by molar-refractivity contribution is 0.144. The van der Waals surface area contributed by atoms with E-state index in [9.17, 15) is 0 Å². The van der Waals surface area contributed by atoms with Crippen LogP contribution in [0.25, 0.3) is 0 Å². The van der Waals surface area contributed by atoms with Crippen LogP contribution in [0.2, 0.25) is 0 Å². The molecule has 0 amide bonds. The summed E-state index contributed by atoms with van der Waals surface area (Å²) in [6.45, 7) is 4.27. The van der Waals surface area contributed by atoms with Crippen molar-refractivity contribution in [2.45, 2.75) is 38.1 Å². The van der Waals surface area contributed by atoms with Gasteiger partial charge in [-0.25, -0.2) is 4.98 Å². The van der Waals surface area contributed by atoms with Crippen molar-refractivity contribution in [2.75, 3.05) is 30.8 Å². The molecule has 122 valence electrons. The van der Waals surface area contributed by atoms with Crippen LogP contribution in [0.3, 0.4) is 0 Å². The van der Waals surface area contributed by atoms with Crippen LogP contribution in [0, 0.1) is 0 Å². The second-order valence-corrected chi connectivity index (χ2v) is 5.00. The highest BCUT2D eigenvalue weighted by Gasteiger charge is 2.28. The monoisotopic (exact) mass is 337 g/mol. The number of nitrogen functional groups attached to an aromatic ring is 1. The summed E-state index contributed by atoms with van der Waals surface area (Å²) in [6, 6.07) is 2.27. The Balaban J connectivity index is 0.00000200. The zero-order valence-electron chi connectivity index (χ0n) is 12.2. The lowest BCUT2D eigenvalue weighted by atomic mass is 9.78. The van der Waals surface area contributed by atoms with Gasteiger partial charge in [-0.15, -0.1) is 24.8 Å². The Kier molecular flexibility index (Phi) is 9.61. The number of rotatable bonds is 7. The molecule has 8 heteroatoms. The fourth-order valence-corrected chi connectivity index (χ4v) is 2.19. The van der Waals surface area contributed by atoms with E-state index in [1.807, 2.05) is 6.07 Å². The molecule has 0 radical (unpaired) electrons. The van der Waals surface area contributed by atoms with Crippen molar-refractivity contribution >= 4 is 36.6 Å². The van der Waals surface area contributed by atoms with Crippen LogP contribution in [0.5, 0.6) is 0 Å². The first-order valence-corrected chi connectivity index (χ1v) is 6.90. The normalized spacial score (nSPS) is 19.9. The van der Waals surface area contributed by atoms with E-state index in [1.54, 1.807) is 0 Å². The lowest BCUT2D eigenvalue weighted by Gasteiger charge is -2.32. The second-order valence-electron chi connectivity index (χ2n) is 5.00. The van der Waals surface area contributed by atoms with Crippen molar-refractivity contribution in [1.29, 1.82) is 0 Å². The maximum Gasteiger partial charge on any atom is 0.222 e. The molecule has 5 N–H and O–H groups in total. The van der Waals surface area contributed by atoms with Crippen molar-refractivity contribution in [3.05, 3.63) is 11.8 Å². The number of aromatic nitrogens is 2. The Bertz CT molecular complexity index is 416. The quantitative estimate of drug-likeness (QED) is 0.657. The van der Waals surface area contributed by atoms with Crippen LogP contribution in [-0.2, 0) is 4.74 Å². The number of halogens is 2. The molecule has 6 nitrogen and oxygen atoms in total. The number of hydrogen-bond acceptors (Lipinski definition) is 6. The predicted octanol–water partition coefficient (Wildman–Crippen LogP) is 1.95. The molecule has 1 heterocycles. The third-order valence-corrected chi connectivity index (χ3v) is 3.26. The minimum atomic E-state index is 0. The van der Waals surface area contributed by atoms with Crippen LogP contribution in [0.15, 0.2) is 6.07 Å². The van der Waals surface area contributed by atoms with E-state index in [4.69, 9.17) is 16.2 Å². The molecular weight excluding hydrogens is 313 g/mol. The van der Waals surface area contributed by atoms with Crippen molar-refractivity contribution in [1.82, 2.24) is 9.97 Å². The number of ether oxygens (including phenoxy) is 1. The largest absolute Gasteiger partial charge is 0.380 e. The van der Waals surface area contributed by atoms with Gasteiger partial charge in [-0.3, -0.25) is 0 Å². The van der Waals surface area contributed by atoms with E-state index >= 15 is 0 Å². The molecule has 0 aromatic carbocycles. The zero-order chi connectivity index (χ0) is 13.7. The minimum Gasteiger partial charge on any atom is -0.380 e. The molecule has 0 bridgehead atoms. The maximum absolute atomic E-state index is 5.80. The van der Waals surface area contributed by atoms with Crippen molar-refractivity contribution in [2.24, 2.45) is 5.73 Å². The molecule has 21 heavy (non-hydrogen) atoms. The zero-order valence-corrected chi connectivity index (χ0v) is 13.9. The maximum atomic E-state index is 5.80. The summed E-state index contributed by atoms with van der Waals surface area (Å²) < 4.78 is 5.41. The third-order valence-electron chi connectivity index (χ3n) is 3.26. The Labute approximate surface area is 138 Å². The van der Waals surface area contributed by atoms with Crippen LogP contribution < -0.4 is 16.8 Å². The second kappa shape index (κ2) is 10.00. The van der Waals surface area contributed by atoms with Crippen LogP contribution in [0.1, 0.15) is 37.8 Å². The van der Waals surface area contributed by atoms with E-state index in [0.29, 0.717) is 24.5 Å². The fraction of sp³-hybridized carbons (Fsp3) is 0.692. The van der Waals surface area contributed by atoms with Crippen molar-refractivity contribution in [3.63, 3.8) is 0 Å². The predicted molar refractivity (Wildman–Crippen MR) is 90.5 cm³/mol. The SMILES string of the molecule is CCCOCCNc1cc(C2CC(N)C2)nc(N)n1.Cl.Cl. The number of nitrogens with zero attached hydrogens (tertiary/aromatic N) is 2. The van der Waals surface area contributed by atoms with Gasteiger partial charge in [-0.2, -0.15) is 4.98 Å². The van der Waals surface area contributed by atoms with Crippen molar-refractivity contribution < 1.29 is 4.74 Å². The van der Waals surface area contributed by atoms with Crippen molar-refractivity contribution in [3.8, 4) is 0 Å². The Morgan fingerprint density at radius 1 is 1.29 bits per heavy atom. The first-order chi connectivity index (χ1) is 9.19.